The van der Waals surface area contributed by atoms with Gasteiger partial charge in [-0.15, -0.1) is 0 Å². The minimum atomic E-state index is -4.12. The van der Waals surface area contributed by atoms with Crippen LogP contribution >= 0.6 is 27.5 Å². The quantitative estimate of drug-likeness (QED) is 0.316. The van der Waals surface area contributed by atoms with Gasteiger partial charge in [-0.2, -0.15) is 0 Å². The minimum Gasteiger partial charge on any atom is -0.350 e. The molecule has 0 aliphatic carbocycles. The number of rotatable bonds is 9. The molecule has 1 unspecified atom stereocenters. The fourth-order valence-corrected chi connectivity index (χ4v) is 5.75. The van der Waals surface area contributed by atoms with Crippen LogP contribution in [0.3, 0.4) is 0 Å². The van der Waals surface area contributed by atoms with Crippen LogP contribution in [0, 0.1) is 6.92 Å². The van der Waals surface area contributed by atoms with Gasteiger partial charge in [0.15, 0.2) is 0 Å². The first kappa shape index (κ1) is 30.7. The molecule has 208 valence electrons. The van der Waals surface area contributed by atoms with E-state index in [2.05, 4.69) is 21.2 Å². The molecular weight excluding hydrogens is 602 g/mol. The summed E-state index contributed by atoms with van der Waals surface area (Å²) in [5, 5.41) is 3.40. The Bertz CT molecular complexity index is 1420. The second-order valence-electron chi connectivity index (χ2n) is 10.4. The van der Waals surface area contributed by atoms with Gasteiger partial charge < -0.3 is 10.2 Å². The Hall–Kier alpha value is -2.88. The van der Waals surface area contributed by atoms with E-state index in [4.69, 9.17) is 11.6 Å². The first-order valence-corrected chi connectivity index (χ1v) is 15.0. The molecule has 7 nitrogen and oxygen atoms in total. The minimum absolute atomic E-state index is 0.0590. The van der Waals surface area contributed by atoms with Crippen molar-refractivity contribution < 1.29 is 18.0 Å². The number of hydrogen-bond donors (Lipinski definition) is 1. The van der Waals surface area contributed by atoms with Crippen molar-refractivity contribution in [2.75, 3.05) is 10.8 Å². The number of amides is 2. The van der Waals surface area contributed by atoms with E-state index in [1.165, 1.54) is 17.0 Å². The summed E-state index contributed by atoms with van der Waals surface area (Å²) in [5.41, 5.74) is 1.42. The average molecular weight is 635 g/mol. The molecule has 3 rings (SSSR count). The lowest BCUT2D eigenvalue weighted by atomic mass is 10.1. The normalized spacial score (nSPS) is 12.5. The van der Waals surface area contributed by atoms with Gasteiger partial charge in [0.25, 0.3) is 10.0 Å². The number of hydrogen-bond acceptors (Lipinski definition) is 4. The van der Waals surface area contributed by atoms with Crippen LogP contribution in [0.1, 0.15) is 38.8 Å². The van der Waals surface area contributed by atoms with Gasteiger partial charge in [0.2, 0.25) is 11.8 Å². The molecule has 0 heterocycles. The maximum Gasteiger partial charge on any atom is 0.264 e. The van der Waals surface area contributed by atoms with E-state index in [0.717, 1.165) is 14.3 Å². The molecule has 0 fully saturated rings. The summed E-state index contributed by atoms with van der Waals surface area (Å²) in [6.07, 6.45) is 0. The van der Waals surface area contributed by atoms with Crippen molar-refractivity contribution in [1.82, 2.24) is 10.2 Å². The van der Waals surface area contributed by atoms with Gasteiger partial charge in [0, 0.05) is 21.6 Å². The molecule has 39 heavy (non-hydrogen) atoms. The van der Waals surface area contributed by atoms with Crippen molar-refractivity contribution in [3.63, 3.8) is 0 Å². The van der Waals surface area contributed by atoms with E-state index >= 15 is 0 Å². The predicted octanol–water partition coefficient (Wildman–Crippen LogP) is 5.94. The van der Waals surface area contributed by atoms with Gasteiger partial charge in [-0.05, 0) is 88.7 Å². The zero-order chi connectivity index (χ0) is 29.0. The van der Waals surface area contributed by atoms with Crippen molar-refractivity contribution in [3.8, 4) is 0 Å². The van der Waals surface area contributed by atoms with Crippen LogP contribution in [0.2, 0.25) is 5.02 Å². The van der Waals surface area contributed by atoms with E-state index in [-0.39, 0.29) is 17.3 Å². The summed E-state index contributed by atoms with van der Waals surface area (Å²) in [5.74, 6) is -0.889. The lowest BCUT2D eigenvalue weighted by Crippen LogP contribution is -2.54. The summed E-state index contributed by atoms with van der Waals surface area (Å²) in [7, 11) is -4.12. The van der Waals surface area contributed by atoms with E-state index < -0.39 is 34.1 Å². The lowest BCUT2D eigenvalue weighted by molar-refractivity contribution is -0.140. The number of benzene rings is 3. The number of carbonyl (C=O) groups excluding carboxylic acids is 2. The van der Waals surface area contributed by atoms with Crippen molar-refractivity contribution in [2.24, 2.45) is 0 Å². The highest BCUT2D eigenvalue weighted by atomic mass is 79.9. The third kappa shape index (κ3) is 8.30. The van der Waals surface area contributed by atoms with Gasteiger partial charge in [-0.3, -0.25) is 13.9 Å². The van der Waals surface area contributed by atoms with Crippen molar-refractivity contribution in [1.29, 1.82) is 0 Å². The highest BCUT2D eigenvalue weighted by Crippen LogP contribution is 2.26. The summed E-state index contributed by atoms with van der Waals surface area (Å²) in [6.45, 7) is 8.60. The first-order chi connectivity index (χ1) is 18.2. The number of aryl methyl sites for hydroxylation is 1. The highest BCUT2D eigenvalue weighted by Gasteiger charge is 2.33. The van der Waals surface area contributed by atoms with Gasteiger partial charge in [0.1, 0.15) is 12.6 Å². The summed E-state index contributed by atoms with van der Waals surface area (Å²) < 4.78 is 29.5. The molecule has 10 heteroatoms. The third-order valence-electron chi connectivity index (χ3n) is 5.91. The lowest BCUT2D eigenvalue weighted by Gasteiger charge is -2.33. The van der Waals surface area contributed by atoms with E-state index in [1.54, 1.807) is 67.6 Å². The van der Waals surface area contributed by atoms with Crippen LogP contribution in [0.25, 0.3) is 0 Å². The van der Waals surface area contributed by atoms with E-state index in [0.29, 0.717) is 16.3 Å². The second-order valence-corrected chi connectivity index (χ2v) is 13.6. The summed E-state index contributed by atoms with van der Waals surface area (Å²) in [6, 6.07) is 19.2. The molecule has 0 radical (unpaired) electrons. The molecule has 2 amide bonds. The fraction of sp³-hybridized carbons (Fsp3) is 0.310. The number of sulfonamides is 1. The maximum absolute atomic E-state index is 13.9. The van der Waals surface area contributed by atoms with Crippen LogP contribution in [0.5, 0.6) is 0 Å². The molecule has 0 saturated heterocycles. The Labute approximate surface area is 244 Å². The smallest absolute Gasteiger partial charge is 0.264 e. The number of anilines is 1. The zero-order valence-corrected chi connectivity index (χ0v) is 25.8. The average Bonchev–Trinajstić information content (AvgIpc) is 2.85. The predicted molar refractivity (Wildman–Crippen MR) is 159 cm³/mol. The molecular formula is C29H33BrClN3O4S. The van der Waals surface area contributed by atoms with Gasteiger partial charge in [-0.1, -0.05) is 57.4 Å². The highest BCUT2D eigenvalue weighted by molar-refractivity contribution is 9.10. The van der Waals surface area contributed by atoms with Crippen LogP contribution in [-0.2, 0) is 26.2 Å². The standard InChI is InChI=1S/C29H33BrClN3O4S/c1-20-9-15-26(16-10-20)39(37,38)34(25-13-11-23(30)12-14-25)19-27(35)33(18-22-7-6-8-24(31)17-22)21(2)28(36)32-29(3,4)5/h6-17,21H,18-19H2,1-5H3,(H,32,36). The van der Waals surface area contributed by atoms with Crippen molar-refractivity contribution in [2.45, 2.75) is 57.6 Å². The van der Waals surface area contributed by atoms with Gasteiger partial charge in [-0.25, -0.2) is 8.42 Å². The van der Waals surface area contributed by atoms with Crippen LogP contribution in [0.15, 0.2) is 82.2 Å². The molecule has 0 spiro atoms. The van der Waals surface area contributed by atoms with Crippen LogP contribution < -0.4 is 9.62 Å². The molecule has 1 N–H and O–H groups in total. The van der Waals surface area contributed by atoms with Crippen molar-refractivity contribution in [3.05, 3.63) is 93.4 Å². The summed E-state index contributed by atoms with van der Waals surface area (Å²) in [4.78, 5) is 28.5. The molecule has 3 aromatic rings. The van der Waals surface area contributed by atoms with Crippen LogP contribution in [-0.4, -0.2) is 43.3 Å². The Morgan fingerprint density at radius 2 is 1.62 bits per heavy atom. The van der Waals surface area contributed by atoms with E-state index in [1.807, 2.05) is 27.7 Å². The number of carbonyl (C=O) groups is 2. The number of halogens is 2. The van der Waals surface area contributed by atoms with Gasteiger partial charge >= 0.3 is 0 Å². The Balaban J connectivity index is 2.03. The second kappa shape index (κ2) is 12.5. The Kier molecular flexibility index (Phi) is 9.85. The van der Waals surface area contributed by atoms with E-state index in [9.17, 15) is 18.0 Å². The molecule has 0 aliphatic heterocycles. The number of nitrogens with zero attached hydrogens (tertiary/aromatic N) is 2. The topological polar surface area (TPSA) is 86.8 Å². The Morgan fingerprint density at radius 3 is 2.18 bits per heavy atom. The SMILES string of the molecule is Cc1ccc(S(=O)(=O)N(CC(=O)N(Cc2cccc(Cl)c2)C(C)C(=O)NC(C)(C)C)c2ccc(Br)cc2)cc1. The summed E-state index contributed by atoms with van der Waals surface area (Å²) >= 11 is 9.55. The molecule has 0 aliphatic rings. The monoisotopic (exact) mass is 633 g/mol. The molecule has 0 saturated carbocycles. The van der Waals surface area contributed by atoms with Crippen molar-refractivity contribution >= 4 is 55.1 Å². The molecule has 0 bridgehead atoms. The third-order valence-corrected chi connectivity index (χ3v) is 8.46. The van der Waals surface area contributed by atoms with Crippen LogP contribution in [0.4, 0.5) is 5.69 Å². The zero-order valence-electron chi connectivity index (χ0n) is 22.6. The molecule has 1 atom stereocenters. The Morgan fingerprint density at radius 1 is 1.00 bits per heavy atom. The first-order valence-electron chi connectivity index (χ1n) is 12.4. The molecule has 3 aromatic carbocycles. The largest absolute Gasteiger partial charge is 0.350 e. The fourth-order valence-electron chi connectivity index (χ4n) is 3.86. The molecule has 0 aromatic heterocycles. The maximum atomic E-state index is 13.9. The number of nitrogens with one attached hydrogen (secondary N) is 1. The van der Waals surface area contributed by atoms with Gasteiger partial charge in [0.05, 0.1) is 10.6 Å².